The van der Waals surface area contributed by atoms with E-state index in [2.05, 4.69) is 32.9 Å². The molecule has 1 aromatic heterocycles. The van der Waals surface area contributed by atoms with Crippen LogP contribution in [0.4, 0.5) is 5.13 Å². The Kier molecular flexibility index (Phi) is 6.81. The van der Waals surface area contributed by atoms with Crippen LogP contribution in [0.1, 0.15) is 23.0 Å². The molecule has 0 aliphatic rings. The molecule has 1 aromatic carbocycles. The van der Waals surface area contributed by atoms with Crippen molar-refractivity contribution in [2.24, 2.45) is 0 Å². The van der Waals surface area contributed by atoms with Crippen LogP contribution >= 0.6 is 45.5 Å². The van der Waals surface area contributed by atoms with E-state index in [0.29, 0.717) is 33.8 Å². The highest BCUT2D eigenvalue weighted by Gasteiger charge is 2.17. The van der Waals surface area contributed by atoms with Gasteiger partial charge in [0.25, 0.3) is 5.91 Å². The summed E-state index contributed by atoms with van der Waals surface area (Å²) in [5, 5.41) is 5.23. The molecule has 0 spiro atoms. The summed E-state index contributed by atoms with van der Waals surface area (Å²) in [6.07, 6.45) is 0.0683. The van der Waals surface area contributed by atoms with Gasteiger partial charge < -0.3 is 9.47 Å². The number of hydrogen-bond acceptors (Lipinski definition) is 6. The average molecular weight is 481 g/mol. The first-order valence-corrected chi connectivity index (χ1v) is 9.22. The first-order chi connectivity index (χ1) is 11.4. The van der Waals surface area contributed by atoms with Crippen LogP contribution in [-0.2, 0) is 16.0 Å². The van der Waals surface area contributed by atoms with Crippen molar-refractivity contribution in [2.75, 3.05) is 19.0 Å². The third-order valence-electron chi connectivity index (χ3n) is 2.89. The zero-order valence-electron chi connectivity index (χ0n) is 12.9. The van der Waals surface area contributed by atoms with E-state index in [-0.39, 0.29) is 18.3 Å². The average Bonchev–Trinajstić information content (AvgIpc) is 2.96. The van der Waals surface area contributed by atoms with Crippen molar-refractivity contribution in [3.8, 4) is 5.75 Å². The van der Waals surface area contributed by atoms with Crippen LogP contribution in [0.25, 0.3) is 0 Å². The molecule has 2 rings (SSSR count). The van der Waals surface area contributed by atoms with Crippen molar-refractivity contribution >= 4 is 62.5 Å². The number of esters is 1. The zero-order chi connectivity index (χ0) is 17.7. The lowest BCUT2D eigenvalue weighted by molar-refractivity contribution is -0.142. The standard InChI is InChI=1S/C15H14ClIN2O4S/c1-3-23-13(20)4-8-7-24-15(18-8)19-14(21)9-5-10(16)11(17)6-12(9)22-2/h5-7H,3-4H2,1-2H3,(H,18,19,21). The number of ether oxygens (including phenoxy) is 2. The number of hydrogen-bond donors (Lipinski definition) is 1. The molecule has 0 aliphatic heterocycles. The van der Waals surface area contributed by atoms with Crippen LogP contribution in [0.5, 0.6) is 5.75 Å². The summed E-state index contributed by atoms with van der Waals surface area (Å²) in [5.41, 5.74) is 0.853. The summed E-state index contributed by atoms with van der Waals surface area (Å²) in [6, 6.07) is 3.23. The van der Waals surface area contributed by atoms with Crippen LogP contribution < -0.4 is 10.1 Å². The lowest BCUT2D eigenvalue weighted by Crippen LogP contribution is -2.14. The van der Waals surface area contributed by atoms with Crippen molar-refractivity contribution < 1.29 is 19.1 Å². The van der Waals surface area contributed by atoms with E-state index in [1.54, 1.807) is 24.4 Å². The molecule has 1 amide bonds. The van der Waals surface area contributed by atoms with Gasteiger partial charge >= 0.3 is 5.97 Å². The summed E-state index contributed by atoms with van der Waals surface area (Å²) in [4.78, 5) is 28.1. The summed E-state index contributed by atoms with van der Waals surface area (Å²) in [7, 11) is 1.48. The van der Waals surface area contributed by atoms with E-state index in [1.807, 2.05) is 0 Å². The van der Waals surface area contributed by atoms with Crippen LogP contribution in [0, 0.1) is 3.57 Å². The lowest BCUT2D eigenvalue weighted by atomic mass is 10.2. The Balaban J connectivity index is 2.12. The number of halogens is 2. The predicted octanol–water partition coefficient (Wildman–Crippen LogP) is 3.77. The van der Waals surface area contributed by atoms with Gasteiger partial charge in [0.05, 0.1) is 36.4 Å². The molecule has 128 valence electrons. The fourth-order valence-corrected chi connectivity index (χ4v) is 3.15. The van der Waals surface area contributed by atoms with Gasteiger partial charge in [0.15, 0.2) is 5.13 Å². The predicted molar refractivity (Wildman–Crippen MR) is 101 cm³/mol. The Morgan fingerprint density at radius 1 is 1.42 bits per heavy atom. The van der Waals surface area contributed by atoms with Gasteiger partial charge in [-0.1, -0.05) is 11.6 Å². The van der Waals surface area contributed by atoms with Crippen molar-refractivity contribution in [3.63, 3.8) is 0 Å². The summed E-state index contributed by atoms with van der Waals surface area (Å²) in [5.74, 6) is -0.321. The number of carbonyl (C=O) groups is 2. The maximum atomic E-state index is 12.4. The number of benzene rings is 1. The van der Waals surface area contributed by atoms with Crippen molar-refractivity contribution in [2.45, 2.75) is 13.3 Å². The van der Waals surface area contributed by atoms with Gasteiger partial charge in [-0.3, -0.25) is 14.9 Å². The van der Waals surface area contributed by atoms with Gasteiger partial charge in [-0.15, -0.1) is 11.3 Å². The van der Waals surface area contributed by atoms with Gasteiger partial charge in [0.2, 0.25) is 0 Å². The number of rotatable bonds is 6. The minimum absolute atomic E-state index is 0.0683. The molecule has 0 aliphatic carbocycles. The highest BCUT2D eigenvalue weighted by atomic mass is 127. The molecular weight excluding hydrogens is 467 g/mol. The molecular formula is C15H14ClIN2O4S. The molecule has 1 N–H and O–H groups in total. The molecule has 0 fully saturated rings. The molecule has 0 bridgehead atoms. The summed E-state index contributed by atoms with van der Waals surface area (Å²) in [6.45, 7) is 2.06. The molecule has 1 heterocycles. The fourth-order valence-electron chi connectivity index (χ4n) is 1.84. The van der Waals surface area contributed by atoms with Gasteiger partial charge in [0, 0.05) is 8.95 Å². The SMILES string of the molecule is CCOC(=O)Cc1csc(NC(=O)c2cc(Cl)c(I)cc2OC)n1. The van der Waals surface area contributed by atoms with Crippen molar-refractivity contribution in [3.05, 3.63) is 37.4 Å². The summed E-state index contributed by atoms with van der Waals surface area (Å²) >= 11 is 9.36. The van der Waals surface area contributed by atoms with Crippen molar-refractivity contribution in [1.29, 1.82) is 0 Å². The Labute approximate surface area is 161 Å². The molecule has 2 aromatic rings. The molecule has 0 unspecified atom stereocenters. The van der Waals surface area contributed by atoms with Crippen LogP contribution in [0.3, 0.4) is 0 Å². The number of carbonyl (C=O) groups excluding carboxylic acids is 2. The van der Waals surface area contributed by atoms with E-state index in [9.17, 15) is 9.59 Å². The zero-order valence-corrected chi connectivity index (χ0v) is 16.6. The lowest BCUT2D eigenvalue weighted by Gasteiger charge is -2.09. The third-order valence-corrected chi connectivity index (χ3v) is 5.22. The van der Waals surface area contributed by atoms with Crippen LogP contribution in [0.15, 0.2) is 17.5 Å². The van der Waals surface area contributed by atoms with E-state index in [4.69, 9.17) is 21.1 Å². The number of nitrogens with one attached hydrogen (secondary N) is 1. The fraction of sp³-hybridized carbons (Fsp3) is 0.267. The maximum Gasteiger partial charge on any atom is 0.311 e. The molecule has 0 radical (unpaired) electrons. The molecule has 24 heavy (non-hydrogen) atoms. The number of aromatic nitrogens is 1. The van der Waals surface area contributed by atoms with E-state index in [1.165, 1.54) is 18.4 Å². The first-order valence-electron chi connectivity index (χ1n) is 6.89. The van der Waals surface area contributed by atoms with Gasteiger partial charge in [0.1, 0.15) is 5.75 Å². The van der Waals surface area contributed by atoms with E-state index < -0.39 is 0 Å². The van der Waals surface area contributed by atoms with Crippen LogP contribution in [0.2, 0.25) is 5.02 Å². The third kappa shape index (κ3) is 4.81. The Morgan fingerprint density at radius 3 is 2.83 bits per heavy atom. The Morgan fingerprint density at radius 2 is 2.17 bits per heavy atom. The largest absolute Gasteiger partial charge is 0.496 e. The molecule has 0 atom stereocenters. The number of amides is 1. The minimum Gasteiger partial charge on any atom is -0.496 e. The van der Waals surface area contributed by atoms with Gasteiger partial charge in [-0.05, 0) is 41.6 Å². The maximum absolute atomic E-state index is 12.4. The van der Waals surface area contributed by atoms with E-state index in [0.717, 1.165) is 3.57 Å². The smallest absolute Gasteiger partial charge is 0.311 e. The number of thiazole rings is 1. The number of anilines is 1. The second kappa shape index (κ2) is 8.63. The monoisotopic (exact) mass is 480 g/mol. The molecule has 9 heteroatoms. The van der Waals surface area contributed by atoms with Gasteiger partial charge in [-0.25, -0.2) is 4.98 Å². The molecule has 0 saturated heterocycles. The normalized spacial score (nSPS) is 10.3. The van der Waals surface area contributed by atoms with Gasteiger partial charge in [-0.2, -0.15) is 0 Å². The second-order valence-corrected chi connectivity index (χ2v) is 6.97. The topological polar surface area (TPSA) is 77.5 Å². The quantitative estimate of drug-likeness (QED) is 0.503. The molecule has 6 nitrogen and oxygen atoms in total. The first kappa shape index (κ1) is 18.9. The second-order valence-electron chi connectivity index (χ2n) is 4.55. The number of methoxy groups -OCH3 is 1. The van der Waals surface area contributed by atoms with Crippen molar-refractivity contribution in [1.82, 2.24) is 4.98 Å². The van der Waals surface area contributed by atoms with E-state index >= 15 is 0 Å². The highest BCUT2D eigenvalue weighted by Crippen LogP contribution is 2.29. The highest BCUT2D eigenvalue weighted by molar-refractivity contribution is 14.1. The Bertz CT molecular complexity index is 766. The summed E-state index contributed by atoms with van der Waals surface area (Å²) < 4.78 is 10.9. The number of nitrogens with zero attached hydrogens (tertiary/aromatic N) is 1. The molecule has 0 saturated carbocycles. The Hall–Kier alpha value is -1.39. The van der Waals surface area contributed by atoms with Crippen LogP contribution in [-0.4, -0.2) is 30.6 Å². The minimum atomic E-state index is -0.387.